The number of nitrogens with zero attached hydrogens (tertiary/aromatic N) is 3. The van der Waals surface area contributed by atoms with Crippen LogP contribution in [0.1, 0.15) is 22.5 Å². The largest absolute Gasteiger partial charge is 0.366 e. The van der Waals surface area contributed by atoms with E-state index >= 15 is 0 Å². The standard InChI is InChI=1S/C22H23N5O2S/c1-14-12-18-19(10-7-11-20(18)30(23,28)29)27(14)22-25-16(3)15(2)21(26-22)24-13-17-8-5-4-6-9-17/h4-12H,13H2,1-3H3,(H2,23,28,29)(H,24,25,26). The molecule has 4 rings (SSSR count). The minimum Gasteiger partial charge on any atom is -0.366 e. The van der Waals surface area contributed by atoms with E-state index in [2.05, 4.69) is 22.4 Å². The molecule has 0 atom stereocenters. The SMILES string of the molecule is Cc1nc(-n2c(C)cc3c(S(N)(=O)=O)cccc32)nc(NCc2ccccc2)c1C. The number of nitrogens with two attached hydrogens (primary N) is 1. The van der Waals surface area contributed by atoms with E-state index in [1.165, 1.54) is 6.07 Å². The maximum Gasteiger partial charge on any atom is 0.238 e. The van der Waals surface area contributed by atoms with Crippen LogP contribution in [-0.2, 0) is 16.6 Å². The van der Waals surface area contributed by atoms with Crippen molar-refractivity contribution in [2.45, 2.75) is 32.2 Å². The Morgan fingerprint density at radius 2 is 1.73 bits per heavy atom. The highest BCUT2D eigenvalue weighted by atomic mass is 32.2. The third kappa shape index (κ3) is 3.67. The fourth-order valence-electron chi connectivity index (χ4n) is 3.52. The van der Waals surface area contributed by atoms with Crippen molar-refractivity contribution in [3.63, 3.8) is 0 Å². The second-order valence-electron chi connectivity index (χ2n) is 7.28. The van der Waals surface area contributed by atoms with Gasteiger partial charge < -0.3 is 5.32 Å². The van der Waals surface area contributed by atoms with Crippen LogP contribution < -0.4 is 10.5 Å². The Bertz CT molecular complexity index is 1350. The van der Waals surface area contributed by atoms with Crippen LogP contribution in [0, 0.1) is 20.8 Å². The zero-order valence-electron chi connectivity index (χ0n) is 17.0. The summed E-state index contributed by atoms with van der Waals surface area (Å²) < 4.78 is 25.9. The lowest BCUT2D eigenvalue weighted by molar-refractivity contribution is 0.598. The van der Waals surface area contributed by atoms with Crippen LogP contribution in [-0.4, -0.2) is 23.0 Å². The summed E-state index contributed by atoms with van der Waals surface area (Å²) in [5.74, 6) is 1.22. The summed E-state index contributed by atoms with van der Waals surface area (Å²) in [5.41, 5.74) is 4.47. The van der Waals surface area contributed by atoms with Gasteiger partial charge in [-0.1, -0.05) is 36.4 Å². The number of aromatic nitrogens is 3. The molecule has 0 aliphatic rings. The Morgan fingerprint density at radius 1 is 1.00 bits per heavy atom. The van der Waals surface area contributed by atoms with Gasteiger partial charge in [0.1, 0.15) is 5.82 Å². The van der Waals surface area contributed by atoms with Gasteiger partial charge in [0.15, 0.2) is 0 Å². The minimum atomic E-state index is -3.84. The highest BCUT2D eigenvalue weighted by molar-refractivity contribution is 7.89. The number of sulfonamides is 1. The van der Waals surface area contributed by atoms with Crippen molar-refractivity contribution in [1.82, 2.24) is 14.5 Å². The minimum absolute atomic E-state index is 0.0908. The van der Waals surface area contributed by atoms with Crippen molar-refractivity contribution in [3.05, 3.63) is 77.1 Å². The van der Waals surface area contributed by atoms with Crippen LogP contribution in [0.4, 0.5) is 5.82 Å². The van der Waals surface area contributed by atoms with Crippen molar-refractivity contribution < 1.29 is 8.42 Å². The fraction of sp³-hybridized carbons (Fsp3) is 0.182. The lowest BCUT2D eigenvalue weighted by atomic mass is 10.2. The van der Waals surface area contributed by atoms with Crippen LogP contribution >= 0.6 is 0 Å². The molecule has 3 N–H and O–H groups in total. The molecule has 0 amide bonds. The molecule has 0 radical (unpaired) electrons. The summed E-state index contributed by atoms with van der Waals surface area (Å²) in [5, 5.41) is 9.35. The van der Waals surface area contributed by atoms with E-state index in [1.807, 2.05) is 49.6 Å². The average Bonchev–Trinajstić information content (AvgIpc) is 3.04. The molecular formula is C22H23N5O2S. The van der Waals surface area contributed by atoms with Gasteiger partial charge >= 0.3 is 0 Å². The van der Waals surface area contributed by atoms with Crippen LogP contribution in [0.15, 0.2) is 59.5 Å². The Hall–Kier alpha value is -3.23. The van der Waals surface area contributed by atoms with E-state index in [1.54, 1.807) is 12.1 Å². The second-order valence-corrected chi connectivity index (χ2v) is 8.81. The van der Waals surface area contributed by atoms with Gasteiger partial charge in [0, 0.05) is 28.9 Å². The molecule has 0 aliphatic carbocycles. The average molecular weight is 422 g/mol. The highest BCUT2D eigenvalue weighted by Crippen LogP contribution is 2.29. The first kappa shape index (κ1) is 20.1. The van der Waals surface area contributed by atoms with Gasteiger partial charge in [0.05, 0.1) is 10.4 Å². The summed E-state index contributed by atoms with van der Waals surface area (Å²) in [6.45, 7) is 6.44. The number of anilines is 1. The third-order valence-electron chi connectivity index (χ3n) is 5.18. The Morgan fingerprint density at radius 3 is 2.43 bits per heavy atom. The maximum atomic E-state index is 12.0. The topological polar surface area (TPSA) is 103 Å². The molecule has 7 nitrogen and oxygen atoms in total. The quantitative estimate of drug-likeness (QED) is 0.512. The Labute approximate surface area is 175 Å². The van der Waals surface area contributed by atoms with Gasteiger partial charge in [-0.25, -0.2) is 18.5 Å². The second kappa shape index (κ2) is 7.55. The van der Waals surface area contributed by atoms with E-state index < -0.39 is 10.0 Å². The number of hydrogen-bond donors (Lipinski definition) is 2. The molecule has 0 saturated heterocycles. The molecule has 0 bridgehead atoms. The predicted octanol–water partition coefficient (Wildman–Crippen LogP) is 3.61. The summed E-state index contributed by atoms with van der Waals surface area (Å²) in [6, 6.07) is 16.9. The number of rotatable bonds is 5. The van der Waals surface area contributed by atoms with Crippen LogP contribution in [0.5, 0.6) is 0 Å². The molecule has 2 aromatic heterocycles. The van der Waals surface area contributed by atoms with Gasteiger partial charge in [-0.15, -0.1) is 0 Å². The molecule has 154 valence electrons. The van der Waals surface area contributed by atoms with Crippen molar-refractivity contribution in [2.24, 2.45) is 5.14 Å². The number of hydrogen-bond acceptors (Lipinski definition) is 5. The van der Waals surface area contributed by atoms with Crippen LogP contribution in [0.25, 0.3) is 16.9 Å². The van der Waals surface area contributed by atoms with Crippen molar-refractivity contribution in [1.29, 1.82) is 0 Å². The lowest BCUT2D eigenvalue weighted by Gasteiger charge is -2.14. The first-order valence-electron chi connectivity index (χ1n) is 9.53. The number of primary sulfonamides is 1. The van der Waals surface area contributed by atoms with Crippen LogP contribution in [0.3, 0.4) is 0 Å². The van der Waals surface area contributed by atoms with E-state index in [9.17, 15) is 8.42 Å². The molecule has 2 heterocycles. The summed E-state index contributed by atoms with van der Waals surface area (Å²) >= 11 is 0. The maximum absolute atomic E-state index is 12.0. The third-order valence-corrected chi connectivity index (χ3v) is 6.15. The van der Waals surface area contributed by atoms with Crippen LogP contribution in [0.2, 0.25) is 0 Å². The number of nitrogens with one attached hydrogen (secondary N) is 1. The zero-order valence-corrected chi connectivity index (χ0v) is 17.9. The fourth-order valence-corrected chi connectivity index (χ4v) is 4.26. The van der Waals surface area contributed by atoms with Gasteiger partial charge in [0.25, 0.3) is 0 Å². The monoisotopic (exact) mass is 421 g/mol. The molecule has 2 aromatic carbocycles. The summed E-state index contributed by atoms with van der Waals surface area (Å²) in [6.07, 6.45) is 0. The molecular weight excluding hydrogens is 398 g/mol. The molecule has 0 aliphatic heterocycles. The van der Waals surface area contributed by atoms with E-state index in [0.717, 1.165) is 28.3 Å². The Kier molecular flexibility index (Phi) is 5.05. The molecule has 8 heteroatoms. The zero-order chi connectivity index (χ0) is 21.5. The van der Waals surface area contributed by atoms with E-state index in [4.69, 9.17) is 10.1 Å². The number of fused-ring (bicyclic) bond motifs is 1. The van der Waals surface area contributed by atoms with E-state index in [-0.39, 0.29) is 4.90 Å². The lowest BCUT2D eigenvalue weighted by Crippen LogP contribution is -2.13. The number of benzene rings is 2. The van der Waals surface area contributed by atoms with Gasteiger partial charge in [0.2, 0.25) is 16.0 Å². The first-order valence-corrected chi connectivity index (χ1v) is 11.1. The molecule has 0 spiro atoms. The summed E-state index contributed by atoms with van der Waals surface area (Å²) in [4.78, 5) is 9.51. The summed E-state index contributed by atoms with van der Waals surface area (Å²) in [7, 11) is -3.84. The number of aryl methyl sites for hydroxylation is 2. The van der Waals surface area contributed by atoms with Gasteiger partial charge in [-0.2, -0.15) is 4.98 Å². The normalized spacial score (nSPS) is 11.7. The van der Waals surface area contributed by atoms with Crippen molar-refractivity contribution in [3.8, 4) is 5.95 Å². The Balaban J connectivity index is 1.82. The highest BCUT2D eigenvalue weighted by Gasteiger charge is 2.19. The molecule has 0 fully saturated rings. The molecule has 4 aromatic rings. The van der Waals surface area contributed by atoms with Crippen molar-refractivity contribution in [2.75, 3.05) is 5.32 Å². The van der Waals surface area contributed by atoms with Gasteiger partial charge in [-0.3, -0.25) is 4.57 Å². The predicted molar refractivity (Wildman–Crippen MR) is 118 cm³/mol. The smallest absolute Gasteiger partial charge is 0.238 e. The molecule has 30 heavy (non-hydrogen) atoms. The molecule has 0 unspecified atom stereocenters. The first-order chi connectivity index (χ1) is 14.3. The van der Waals surface area contributed by atoms with E-state index in [0.29, 0.717) is 23.4 Å². The van der Waals surface area contributed by atoms with Crippen molar-refractivity contribution >= 4 is 26.7 Å². The van der Waals surface area contributed by atoms with Gasteiger partial charge in [-0.05, 0) is 44.5 Å². The molecule has 0 saturated carbocycles.